The molecule has 0 bridgehead atoms. The molecule has 0 spiro atoms. The Bertz CT molecular complexity index is 1860. The Labute approximate surface area is 247 Å². The maximum Gasteiger partial charge on any atom is 0.319 e. The first-order chi connectivity index (χ1) is 20.4. The number of hydrogen-bond donors (Lipinski definition) is 1. The Hall–Kier alpha value is -4.21. The number of imidazole rings is 1. The summed E-state index contributed by atoms with van der Waals surface area (Å²) >= 11 is 6.86. The van der Waals surface area contributed by atoms with E-state index in [0.717, 1.165) is 41.7 Å². The van der Waals surface area contributed by atoms with Gasteiger partial charge in [-0.05, 0) is 67.0 Å². The molecule has 214 valence electrons. The Kier molecular flexibility index (Phi) is 6.71. The molecule has 7 rings (SSSR count). The first-order valence-electron chi connectivity index (χ1n) is 14.1. The molecule has 0 amide bonds. The molecule has 2 aliphatic rings. The van der Waals surface area contributed by atoms with Crippen molar-refractivity contribution in [3.8, 4) is 22.9 Å². The van der Waals surface area contributed by atoms with E-state index in [9.17, 15) is 5.11 Å². The second kappa shape index (κ2) is 10.6. The second-order valence-electron chi connectivity index (χ2n) is 11.0. The molecule has 0 radical (unpaired) electrons. The van der Waals surface area contributed by atoms with Crippen LogP contribution in [0.2, 0.25) is 5.02 Å². The number of phenols is 1. The number of likely N-dealkylation sites (tertiary alicyclic amines) is 1. The summed E-state index contributed by atoms with van der Waals surface area (Å²) in [6.07, 6.45) is 5.71. The van der Waals surface area contributed by atoms with E-state index in [2.05, 4.69) is 38.0 Å². The van der Waals surface area contributed by atoms with Crippen molar-refractivity contribution < 1.29 is 14.2 Å². The van der Waals surface area contributed by atoms with Crippen molar-refractivity contribution in [2.75, 3.05) is 31.6 Å². The van der Waals surface area contributed by atoms with Gasteiger partial charge < -0.3 is 24.2 Å². The summed E-state index contributed by atoms with van der Waals surface area (Å²) in [4.78, 5) is 18.2. The fraction of sp³-hybridized carbons (Fsp3) is 0.281. The largest absolute Gasteiger partial charge is 0.508 e. The lowest BCUT2D eigenvalue weighted by molar-refractivity contribution is 0.188. The Morgan fingerprint density at radius 1 is 1.14 bits per heavy atom. The molecule has 10 heteroatoms. The minimum atomic E-state index is -0.587. The number of phenolic OH excluding ortho intramolecular Hbond substituents is 1. The van der Waals surface area contributed by atoms with E-state index in [0.29, 0.717) is 43.0 Å². The van der Waals surface area contributed by atoms with Gasteiger partial charge in [0.15, 0.2) is 5.82 Å². The van der Waals surface area contributed by atoms with E-state index in [4.69, 9.17) is 21.3 Å². The molecule has 2 aromatic heterocycles. The molecule has 1 atom stereocenters. The molecule has 0 aliphatic carbocycles. The van der Waals surface area contributed by atoms with Crippen molar-refractivity contribution in [1.82, 2.24) is 24.4 Å². The number of benzene rings is 3. The molecule has 8 nitrogen and oxygen atoms in total. The Balaban J connectivity index is 1.38. The normalized spacial score (nSPS) is 17.2. The van der Waals surface area contributed by atoms with Crippen molar-refractivity contribution in [3.63, 3.8) is 0 Å². The quantitative estimate of drug-likeness (QED) is 0.252. The number of anilines is 1. The fourth-order valence-electron chi connectivity index (χ4n) is 6.23. The lowest BCUT2D eigenvalue weighted by Crippen LogP contribution is -2.35. The van der Waals surface area contributed by atoms with Crippen LogP contribution in [0.3, 0.4) is 0 Å². The summed E-state index contributed by atoms with van der Waals surface area (Å²) in [7, 11) is 2.08. The number of hydrogen-bond acceptors (Lipinski definition) is 7. The highest BCUT2D eigenvalue weighted by Gasteiger charge is 2.27. The molecule has 4 heterocycles. The van der Waals surface area contributed by atoms with Gasteiger partial charge in [0.1, 0.15) is 29.5 Å². The fourth-order valence-corrected chi connectivity index (χ4v) is 6.52. The van der Waals surface area contributed by atoms with Crippen LogP contribution in [0.15, 0.2) is 55.2 Å². The molecular formula is C32H30ClFN6O2. The maximum absolute atomic E-state index is 16.7. The number of ether oxygens (including phenoxy) is 1. The van der Waals surface area contributed by atoms with Crippen LogP contribution in [0.5, 0.6) is 11.8 Å². The van der Waals surface area contributed by atoms with Crippen molar-refractivity contribution >= 4 is 45.2 Å². The summed E-state index contributed by atoms with van der Waals surface area (Å²) in [6.45, 7) is 7.12. The monoisotopic (exact) mass is 584 g/mol. The summed E-state index contributed by atoms with van der Waals surface area (Å²) in [6, 6.07) is 12.8. The number of fused-ring (bicyclic) bond motifs is 3. The zero-order valence-corrected chi connectivity index (χ0v) is 24.0. The van der Waals surface area contributed by atoms with Crippen LogP contribution in [-0.4, -0.2) is 62.3 Å². The smallest absolute Gasteiger partial charge is 0.319 e. The maximum atomic E-state index is 16.7. The zero-order chi connectivity index (χ0) is 29.0. The SMILES string of the molecule is C=Cc1ncc2n1CCN(c1nc(OCC3CCCN3C)nc3c(F)c(-c4cc(O)cc5ccccc45)c(Cl)cc13)C2. The van der Waals surface area contributed by atoms with Crippen LogP contribution in [-0.2, 0) is 13.1 Å². The van der Waals surface area contributed by atoms with Gasteiger partial charge in [-0.3, -0.25) is 0 Å². The third-order valence-corrected chi connectivity index (χ3v) is 8.73. The summed E-state index contributed by atoms with van der Waals surface area (Å²) in [5.74, 6) is 0.807. The molecular weight excluding hydrogens is 555 g/mol. The molecule has 3 aromatic carbocycles. The number of likely N-dealkylation sites (N-methyl/N-ethyl adjacent to an activating group) is 1. The van der Waals surface area contributed by atoms with Crippen LogP contribution in [0.1, 0.15) is 24.4 Å². The van der Waals surface area contributed by atoms with Gasteiger partial charge >= 0.3 is 6.01 Å². The van der Waals surface area contributed by atoms with Gasteiger partial charge in [0, 0.05) is 30.1 Å². The van der Waals surface area contributed by atoms with Crippen molar-refractivity contribution in [1.29, 1.82) is 0 Å². The molecule has 1 N–H and O–H groups in total. The average molecular weight is 585 g/mol. The van der Waals surface area contributed by atoms with E-state index < -0.39 is 5.82 Å². The van der Waals surface area contributed by atoms with Gasteiger partial charge in [-0.25, -0.2) is 9.37 Å². The van der Waals surface area contributed by atoms with Crippen molar-refractivity contribution in [2.24, 2.45) is 0 Å². The van der Waals surface area contributed by atoms with Gasteiger partial charge in [0.05, 0.1) is 23.5 Å². The minimum absolute atomic E-state index is 0.0242. The van der Waals surface area contributed by atoms with Crippen LogP contribution < -0.4 is 9.64 Å². The Morgan fingerprint density at radius 3 is 2.81 bits per heavy atom. The molecule has 1 fully saturated rings. The summed E-state index contributed by atoms with van der Waals surface area (Å²) in [5, 5.41) is 12.7. The van der Waals surface area contributed by atoms with E-state index in [1.165, 1.54) is 6.07 Å². The lowest BCUT2D eigenvalue weighted by Gasteiger charge is -2.30. The predicted molar refractivity (Wildman–Crippen MR) is 164 cm³/mol. The first kappa shape index (κ1) is 26.7. The average Bonchev–Trinajstić information content (AvgIpc) is 3.60. The molecule has 1 unspecified atom stereocenters. The van der Waals surface area contributed by atoms with Crippen LogP contribution in [0, 0.1) is 5.82 Å². The molecule has 2 aliphatic heterocycles. The predicted octanol–water partition coefficient (Wildman–Crippen LogP) is 6.28. The molecule has 5 aromatic rings. The number of nitrogens with zero attached hydrogens (tertiary/aromatic N) is 6. The topological polar surface area (TPSA) is 79.5 Å². The van der Waals surface area contributed by atoms with E-state index >= 15 is 4.39 Å². The van der Waals surface area contributed by atoms with E-state index in [-0.39, 0.29) is 33.9 Å². The van der Waals surface area contributed by atoms with Crippen LogP contribution in [0.4, 0.5) is 10.2 Å². The Morgan fingerprint density at radius 2 is 2.00 bits per heavy atom. The van der Waals surface area contributed by atoms with Crippen molar-refractivity contribution in [3.05, 3.63) is 77.6 Å². The van der Waals surface area contributed by atoms with E-state index in [1.54, 1.807) is 18.2 Å². The van der Waals surface area contributed by atoms with Gasteiger partial charge in [-0.2, -0.15) is 9.97 Å². The molecule has 1 saturated heterocycles. The second-order valence-corrected chi connectivity index (χ2v) is 11.4. The third kappa shape index (κ3) is 4.53. The summed E-state index contributed by atoms with van der Waals surface area (Å²) in [5.41, 5.74) is 1.79. The van der Waals surface area contributed by atoms with Crippen LogP contribution >= 0.6 is 11.6 Å². The molecule has 42 heavy (non-hydrogen) atoms. The standard InChI is InChI=1S/C32H30ClFN6O2/c1-3-27-35-16-21-17-39(11-12-40(21)27)31-25-15-26(33)28(24-14-22(41)13-19-7-4-5-9-23(19)24)29(34)30(25)36-32(37-31)42-18-20-8-6-10-38(20)2/h3-5,7,9,13-16,20,41H,1,6,8,10-12,17-18H2,2H3. The highest BCUT2D eigenvalue weighted by atomic mass is 35.5. The summed E-state index contributed by atoms with van der Waals surface area (Å²) < 4.78 is 25.0. The zero-order valence-electron chi connectivity index (χ0n) is 23.2. The van der Waals surface area contributed by atoms with E-state index in [1.807, 2.05) is 30.5 Å². The number of halogens is 2. The minimum Gasteiger partial charge on any atom is -0.508 e. The third-order valence-electron chi connectivity index (χ3n) is 8.43. The number of aromatic nitrogens is 4. The first-order valence-corrected chi connectivity index (χ1v) is 14.5. The van der Waals surface area contributed by atoms with Gasteiger partial charge in [0.2, 0.25) is 0 Å². The highest BCUT2D eigenvalue weighted by Crippen LogP contribution is 2.42. The highest BCUT2D eigenvalue weighted by molar-refractivity contribution is 6.35. The van der Waals surface area contributed by atoms with Crippen LogP contribution in [0.25, 0.3) is 38.9 Å². The molecule has 0 saturated carbocycles. The number of rotatable bonds is 6. The van der Waals surface area contributed by atoms with Gasteiger partial charge in [-0.15, -0.1) is 0 Å². The van der Waals surface area contributed by atoms with Gasteiger partial charge in [0.25, 0.3) is 0 Å². The lowest BCUT2D eigenvalue weighted by atomic mass is 9.96. The van der Waals surface area contributed by atoms with Gasteiger partial charge in [-0.1, -0.05) is 42.4 Å². The van der Waals surface area contributed by atoms with Crippen molar-refractivity contribution in [2.45, 2.75) is 32.0 Å². The number of aromatic hydroxyl groups is 1.